The van der Waals surface area contributed by atoms with Gasteiger partial charge >= 0.3 is 0 Å². The second kappa shape index (κ2) is 5.73. The van der Waals surface area contributed by atoms with Gasteiger partial charge in [0.1, 0.15) is 10.0 Å². The van der Waals surface area contributed by atoms with Crippen LogP contribution in [0.4, 0.5) is 0 Å². The molecule has 90 valence electrons. The molecule has 1 unspecified atom stereocenters. The molecule has 0 aliphatic heterocycles. The lowest BCUT2D eigenvalue weighted by molar-refractivity contribution is 0.440. The molecule has 2 rings (SSSR count). The second-order valence-electron chi connectivity index (χ2n) is 4.56. The molecule has 1 heterocycles. The summed E-state index contributed by atoms with van der Waals surface area (Å²) in [5.41, 5.74) is 0. The summed E-state index contributed by atoms with van der Waals surface area (Å²) in [5, 5.41) is 14.4. The highest BCUT2D eigenvalue weighted by Gasteiger charge is 2.21. The molecule has 16 heavy (non-hydrogen) atoms. The zero-order valence-electron chi connectivity index (χ0n) is 10.2. The van der Waals surface area contributed by atoms with Crippen LogP contribution in [0.2, 0.25) is 0 Å². The van der Waals surface area contributed by atoms with Gasteiger partial charge in [-0.25, -0.2) is 0 Å². The number of hydrogen-bond acceptors (Lipinski definition) is 4. The highest BCUT2D eigenvalue weighted by atomic mass is 32.1. The molecular formula is C12H21N3S. The Bertz CT molecular complexity index is 314. The Hall–Kier alpha value is -0.480. The smallest absolute Gasteiger partial charge is 0.134 e. The minimum atomic E-state index is 0.384. The van der Waals surface area contributed by atoms with Crippen molar-refractivity contribution in [3.8, 4) is 0 Å². The third kappa shape index (κ3) is 2.61. The van der Waals surface area contributed by atoms with Gasteiger partial charge in [-0.05, 0) is 26.3 Å². The fraction of sp³-hybridized carbons (Fsp3) is 0.833. The molecule has 1 saturated carbocycles. The summed E-state index contributed by atoms with van der Waals surface area (Å²) in [6.45, 7) is 2.18. The summed E-state index contributed by atoms with van der Waals surface area (Å²) in [7, 11) is 2.00. The molecule has 1 atom stereocenters. The van der Waals surface area contributed by atoms with Gasteiger partial charge in [0, 0.05) is 5.92 Å². The highest BCUT2D eigenvalue weighted by molar-refractivity contribution is 7.11. The zero-order chi connectivity index (χ0) is 11.4. The van der Waals surface area contributed by atoms with Crippen molar-refractivity contribution in [2.75, 3.05) is 7.05 Å². The van der Waals surface area contributed by atoms with E-state index < -0.39 is 0 Å². The minimum Gasteiger partial charge on any atom is -0.311 e. The lowest BCUT2D eigenvalue weighted by Crippen LogP contribution is -2.14. The summed E-state index contributed by atoms with van der Waals surface area (Å²) >= 11 is 1.81. The third-order valence-corrected chi connectivity index (χ3v) is 4.66. The lowest BCUT2D eigenvalue weighted by atomic mass is 9.90. The minimum absolute atomic E-state index is 0.384. The van der Waals surface area contributed by atoms with Gasteiger partial charge in [0.05, 0.1) is 6.04 Å². The van der Waals surface area contributed by atoms with E-state index in [2.05, 4.69) is 22.4 Å². The van der Waals surface area contributed by atoms with Crippen molar-refractivity contribution >= 4 is 11.3 Å². The van der Waals surface area contributed by atoms with Crippen LogP contribution in [0, 0.1) is 0 Å². The standard InChI is InChI=1S/C12H21N3S/c1-3-10(13-2)12-15-14-11(16-12)9-7-5-4-6-8-9/h9-10,13H,3-8H2,1-2H3. The fourth-order valence-corrected chi connectivity index (χ4v) is 3.61. The number of hydrogen-bond donors (Lipinski definition) is 1. The molecule has 1 aromatic heterocycles. The van der Waals surface area contributed by atoms with Crippen molar-refractivity contribution in [3.63, 3.8) is 0 Å². The monoisotopic (exact) mass is 239 g/mol. The van der Waals surface area contributed by atoms with E-state index in [4.69, 9.17) is 0 Å². The topological polar surface area (TPSA) is 37.8 Å². The molecule has 0 aromatic carbocycles. The molecule has 1 fully saturated rings. The predicted molar refractivity (Wildman–Crippen MR) is 67.8 cm³/mol. The molecule has 0 bridgehead atoms. The Morgan fingerprint density at radius 2 is 2.06 bits per heavy atom. The van der Waals surface area contributed by atoms with Crippen LogP contribution in [0.1, 0.15) is 67.4 Å². The van der Waals surface area contributed by atoms with Crippen molar-refractivity contribution in [2.45, 2.75) is 57.4 Å². The number of aromatic nitrogens is 2. The van der Waals surface area contributed by atoms with Gasteiger partial charge in [-0.2, -0.15) is 0 Å². The first kappa shape index (κ1) is 12.0. The SMILES string of the molecule is CCC(NC)c1nnc(C2CCCCC2)s1. The van der Waals surface area contributed by atoms with Crippen LogP contribution >= 0.6 is 11.3 Å². The van der Waals surface area contributed by atoms with E-state index in [9.17, 15) is 0 Å². The van der Waals surface area contributed by atoms with E-state index in [1.54, 1.807) is 0 Å². The van der Waals surface area contributed by atoms with Crippen LogP contribution in [0.3, 0.4) is 0 Å². The molecule has 1 aliphatic carbocycles. The molecule has 1 aromatic rings. The number of nitrogens with zero attached hydrogens (tertiary/aromatic N) is 2. The van der Waals surface area contributed by atoms with Gasteiger partial charge in [0.15, 0.2) is 0 Å². The average Bonchev–Trinajstić information content (AvgIpc) is 2.81. The van der Waals surface area contributed by atoms with E-state index in [0.717, 1.165) is 11.4 Å². The maximum Gasteiger partial charge on any atom is 0.134 e. The van der Waals surface area contributed by atoms with Crippen LogP contribution in [-0.2, 0) is 0 Å². The Morgan fingerprint density at radius 3 is 2.69 bits per heavy atom. The Morgan fingerprint density at radius 1 is 1.31 bits per heavy atom. The summed E-state index contributed by atoms with van der Waals surface area (Å²) in [6, 6.07) is 0.384. The van der Waals surface area contributed by atoms with E-state index in [1.165, 1.54) is 37.1 Å². The van der Waals surface area contributed by atoms with Crippen molar-refractivity contribution in [1.82, 2.24) is 15.5 Å². The first-order chi connectivity index (χ1) is 7.85. The number of rotatable bonds is 4. The molecule has 3 nitrogen and oxygen atoms in total. The van der Waals surface area contributed by atoms with Crippen LogP contribution in [0.25, 0.3) is 0 Å². The molecule has 1 aliphatic rings. The molecular weight excluding hydrogens is 218 g/mol. The van der Waals surface area contributed by atoms with Crippen LogP contribution in [0.15, 0.2) is 0 Å². The quantitative estimate of drug-likeness (QED) is 0.876. The Labute approximate surface area is 102 Å². The third-order valence-electron chi connectivity index (χ3n) is 3.47. The molecule has 0 spiro atoms. The van der Waals surface area contributed by atoms with E-state index in [-0.39, 0.29) is 0 Å². The summed E-state index contributed by atoms with van der Waals surface area (Å²) < 4.78 is 0. The van der Waals surface area contributed by atoms with Crippen molar-refractivity contribution < 1.29 is 0 Å². The normalized spacial score (nSPS) is 19.9. The van der Waals surface area contributed by atoms with E-state index >= 15 is 0 Å². The first-order valence-electron chi connectivity index (χ1n) is 6.35. The van der Waals surface area contributed by atoms with Crippen molar-refractivity contribution in [3.05, 3.63) is 10.0 Å². The van der Waals surface area contributed by atoms with Crippen LogP contribution in [0.5, 0.6) is 0 Å². The summed E-state index contributed by atoms with van der Waals surface area (Å²) in [5.74, 6) is 0.689. The van der Waals surface area contributed by atoms with Gasteiger partial charge < -0.3 is 5.32 Å². The fourth-order valence-electron chi connectivity index (χ4n) is 2.40. The summed E-state index contributed by atoms with van der Waals surface area (Å²) in [4.78, 5) is 0. The lowest BCUT2D eigenvalue weighted by Gasteiger charge is -2.18. The summed E-state index contributed by atoms with van der Waals surface area (Å²) in [6.07, 6.45) is 7.83. The highest BCUT2D eigenvalue weighted by Crippen LogP contribution is 2.35. The van der Waals surface area contributed by atoms with Crippen LogP contribution < -0.4 is 5.32 Å². The van der Waals surface area contributed by atoms with Gasteiger partial charge in [0.25, 0.3) is 0 Å². The molecule has 0 amide bonds. The maximum absolute atomic E-state index is 4.39. The first-order valence-corrected chi connectivity index (χ1v) is 7.17. The predicted octanol–water partition coefficient (Wildman–Crippen LogP) is 3.26. The van der Waals surface area contributed by atoms with E-state index in [1.807, 2.05) is 18.4 Å². The van der Waals surface area contributed by atoms with Gasteiger partial charge in [-0.15, -0.1) is 10.2 Å². The molecule has 1 N–H and O–H groups in total. The van der Waals surface area contributed by atoms with Gasteiger partial charge in [-0.1, -0.05) is 37.5 Å². The second-order valence-corrected chi connectivity index (χ2v) is 5.60. The Kier molecular flexibility index (Phi) is 4.29. The van der Waals surface area contributed by atoms with E-state index in [0.29, 0.717) is 12.0 Å². The number of nitrogens with one attached hydrogen (secondary N) is 1. The zero-order valence-corrected chi connectivity index (χ0v) is 11.0. The van der Waals surface area contributed by atoms with Gasteiger partial charge in [-0.3, -0.25) is 0 Å². The average molecular weight is 239 g/mol. The molecule has 0 radical (unpaired) electrons. The van der Waals surface area contributed by atoms with Crippen molar-refractivity contribution in [2.24, 2.45) is 0 Å². The maximum atomic E-state index is 4.39. The van der Waals surface area contributed by atoms with Crippen molar-refractivity contribution in [1.29, 1.82) is 0 Å². The van der Waals surface area contributed by atoms with Gasteiger partial charge in [0.2, 0.25) is 0 Å². The molecule has 4 heteroatoms. The van der Waals surface area contributed by atoms with Crippen LogP contribution in [-0.4, -0.2) is 17.2 Å². The largest absolute Gasteiger partial charge is 0.311 e. The Balaban J connectivity index is 2.05. The molecule has 0 saturated heterocycles.